The van der Waals surface area contributed by atoms with E-state index >= 15 is 0 Å². The molecule has 36 heavy (non-hydrogen) atoms. The fourth-order valence-corrected chi connectivity index (χ4v) is 4.76. The van der Waals surface area contributed by atoms with Crippen LogP contribution in [0.1, 0.15) is 34.1 Å². The summed E-state index contributed by atoms with van der Waals surface area (Å²) in [5.74, 6) is -4.55. The number of sulfone groups is 1. The summed E-state index contributed by atoms with van der Waals surface area (Å²) in [4.78, 5) is 24.5. The maximum atomic E-state index is 14.4. The van der Waals surface area contributed by atoms with Crippen molar-refractivity contribution in [2.45, 2.75) is 24.3 Å². The van der Waals surface area contributed by atoms with Crippen LogP contribution in [0.3, 0.4) is 0 Å². The first kappa shape index (κ1) is 27.2. The summed E-state index contributed by atoms with van der Waals surface area (Å²) in [6.07, 6.45) is 0.193. The molecule has 0 aliphatic carbocycles. The minimum absolute atomic E-state index is 0.0336. The minimum Gasteiger partial charge on any atom is -0.465 e. The number of aryl methyl sites for hydroxylation is 2. The maximum absolute atomic E-state index is 14.4. The van der Waals surface area contributed by atoms with Crippen LogP contribution in [-0.4, -0.2) is 60.6 Å². The molecule has 0 radical (unpaired) electrons. The Kier molecular flexibility index (Phi) is 8.43. The van der Waals surface area contributed by atoms with Crippen LogP contribution in [0.25, 0.3) is 10.9 Å². The number of nitrogens with one attached hydrogen (secondary N) is 1. The monoisotopic (exact) mass is 524 g/mol. The van der Waals surface area contributed by atoms with Gasteiger partial charge >= 0.3 is 5.97 Å². The van der Waals surface area contributed by atoms with Crippen molar-refractivity contribution in [2.75, 3.05) is 25.6 Å². The van der Waals surface area contributed by atoms with Crippen LogP contribution >= 0.6 is 0 Å². The highest BCUT2D eigenvalue weighted by Gasteiger charge is 2.24. The second-order valence-electron chi connectivity index (χ2n) is 8.18. The first-order valence-electron chi connectivity index (χ1n) is 10.9. The van der Waals surface area contributed by atoms with Gasteiger partial charge in [0, 0.05) is 25.5 Å². The molecule has 0 aliphatic rings. The molecule has 1 amide bonds. The lowest BCUT2D eigenvalue weighted by molar-refractivity contribution is -0.140. The van der Waals surface area contributed by atoms with Crippen molar-refractivity contribution in [3.63, 3.8) is 0 Å². The number of amides is 1. The second-order valence-corrected chi connectivity index (χ2v) is 10.2. The van der Waals surface area contributed by atoms with Crippen LogP contribution in [0.15, 0.2) is 41.3 Å². The molecular formula is C24H26F2N2O7S. The van der Waals surface area contributed by atoms with Gasteiger partial charge in [-0.25, -0.2) is 17.2 Å². The standard InChI is InChI=1S/C24H26F2N2O7S/c1-14-10-19-17(23(26)22(14)25)11-20(28(19)2)24(32)27-18(12-30)15-4-6-16(7-5-15)36(33,34)13-21(31)35-9-3-8-29/h4-7,10-11,18,29-30H,3,8-9,12-13H2,1-2H3,(H,27,32)/t18-/m1/s1. The molecule has 12 heteroatoms. The molecule has 3 aromatic rings. The smallest absolute Gasteiger partial charge is 0.321 e. The summed E-state index contributed by atoms with van der Waals surface area (Å²) in [5, 5.41) is 21.1. The Bertz CT molecular complexity index is 1390. The van der Waals surface area contributed by atoms with Gasteiger partial charge in [0.05, 0.1) is 29.7 Å². The number of esters is 1. The Hall–Kier alpha value is -3.35. The van der Waals surface area contributed by atoms with E-state index in [1.807, 2.05) is 0 Å². The highest BCUT2D eigenvalue weighted by Crippen LogP contribution is 2.27. The maximum Gasteiger partial charge on any atom is 0.321 e. The van der Waals surface area contributed by atoms with E-state index in [2.05, 4.69) is 5.32 Å². The van der Waals surface area contributed by atoms with Gasteiger partial charge in [-0.1, -0.05) is 12.1 Å². The highest BCUT2D eigenvalue weighted by molar-refractivity contribution is 7.92. The number of hydrogen-bond donors (Lipinski definition) is 3. The third kappa shape index (κ3) is 5.72. The van der Waals surface area contributed by atoms with Gasteiger partial charge < -0.3 is 24.8 Å². The van der Waals surface area contributed by atoms with Crippen LogP contribution in [-0.2, 0) is 26.4 Å². The lowest BCUT2D eigenvalue weighted by atomic mass is 10.1. The summed E-state index contributed by atoms with van der Waals surface area (Å²) in [6, 6.07) is 6.94. The summed E-state index contributed by atoms with van der Waals surface area (Å²) >= 11 is 0. The van der Waals surface area contributed by atoms with E-state index < -0.39 is 51.7 Å². The van der Waals surface area contributed by atoms with E-state index in [1.165, 1.54) is 54.9 Å². The van der Waals surface area contributed by atoms with Gasteiger partial charge in [-0.3, -0.25) is 9.59 Å². The predicted octanol–water partition coefficient (Wildman–Crippen LogP) is 1.93. The fraction of sp³-hybridized carbons (Fsp3) is 0.333. The summed E-state index contributed by atoms with van der Waals surface area (Å²) in [7, 11) is -2.48. The molecule has 9 nitrogen and oxygen atoms in total. The number of rotatable bonds is 10. The lowest BCUT2D eigenvalue weighted by Crippen LogP contribution is -2.32. The number of carbonyl (C=O) groups excluding carboxylic acids is 2. The Morgan fingerprint density at radius 1 is 1.11 bits per heavy atom. The predicted molar refractivity (Wildman–Crippen MR) is 126 cm³/mol. The molecule has 0 bridgehead atoms. The van der Waals surface area contributed by atoms with Gasteiger partial charge in [-0.15, -0.1) is 0 Å². The fourth-order valence-electron chi connectivity index (χ4n) is 3.65. The molecule has 1 atom stereocenters. The number of aliphatic hydroxyl groups excluding tert-OH is 2. The number of aromatic nitrogens is 1. The molecule has 0 saturated heterocycles. The zero-order chi connectivity index (χ0) is 26.6. The molecule has 0 spiro atoms. The van der Waals surface area contributed by atoms with Crippen molar-refractivity contribution in [1.29, 1.82) is 0 Å². The largest absolute Gasteiger partial charge is 0.465 e. The van der Waals surface area contributed by atoms with Crippen LogP contribution in [0.4, 0.5) is 8.78 Å². The molecule has 0 unspecified atom stereocenters. The Balaban J connectivity index is 1.77. The van der Waals surface area contributed by atoms with Crippen LogP contribution in [0.5, 0.6) is 0 Å². The van der Waals surface area contributed by atoms with Gasteiger partial charge in [0.1, 0.15) is 5.69 Å². The number of ether oxygens (including phenoxy) is 1. The van der Waals surface area contributed by atoms with E-state index in [-0.39, 0.29) is 41.2 Å². The van der Waals surface area contributed by atoms with Gasteiger partial charge in [0.25, 0.3) is 5.91 Å². The van der Waals surface area contributed by atoms with E-state index in [9.17, 15) is 31.9 Å². The third-order valence-electron chi connectivity index (χ3n) is 5.64. The number of fused-ring (bicyclic) bond motifs is 1. The van der Waals surface area contributed by atoms with Crippen molar-refractivity contribution < 1.29 is 41.7 Å². The normalized spacial score (nSPS) is 12.5. The SMILES string of the molecule is Cc1cc2c(cc(C(=O)N[C@H](CO)c3ccc(S(=O)(=O)CC(=O)OCCCO)cc3)n2C)c(F)c1F. The van der Waals surface area contributed by atoms with Crippen LogP contribution in [0, 0.1) is 18.6 Å². The summed E-state index contributed by atoms with van der Waals surface area (Å²) in [5.41, 5.74) is 0.824. The molecule has 2 aromatic carbocycles. The quantitative estimate of drug-likeness (QED) is 0.272. The van der Waals surface area contributed by atoms with Crippen LogP contribution in [0.2, 0.25) is 0 Å². The first-order valence-corrected chi connectivity index (χ1v) is 12.6. The third-order valence-corrected chi connectivity index (χ3v) is 7.25. The van der Waals surface area contributed by atoms with Crippen molar-refractivity contribution >= 4 is 32.6 Å². The second kappa shape index (κ2) is 11.1. The van der Waals surface area contributed by atoms with Crippen molar-refractivity contribution in [3.05, 3.63) is 64.9 Å². The number of halogens is 2. The first-order chi connectivity index (χ1) is 17.0. The Morgan fingerprint density at radius 2 is 1.78 bits per heavy atom. The minimum atomic E-state index is -4.00. The van der Waals surface area contributed by atoms with E-state index in [0.717, 1.165) is 0 Å². The molecular weight excluding hydrogens is 498 g/mol. The molecule has 0 fully saturated rings. The highest BCUT2D eigenvalue weighted by atomic mass is 32.2. The average molecular weight is 525 g/mol. The van der Waals surface area contributed by atoms with Crippen molar-refractivity contribution in [1.82, 2.24) is 9.88 Å². The molecule has 3 rings (SSSR count). The summed E-state index contributed by atoms with van der Waals surface area (Å²) < 4.78 is 59.4. The number of carbonyl (C=O) groups is 2. The molecule has 0 saturated carbocycles. The van der Waals surface area contributed by atoms with Crippen molar-refractivity contribution in [3.8, 4) is 0 Å². The molecule has 194 valence electrons. The van der Waals surface area contributed by atoms with E-state index in [0.29, 0.717) is 11.1 Å². The summed E-state index contributed by atoms with van der Waals surface area (Å²) in [6.45, 7) is 0.594. The Morgan fingerprint density at radius 3 is 2.39 bits per heavy atom. The average Bonchev–Trinajstić information content (AvgIpc) is 3.17. The van der Waals surface area contributed by atoms with E-state index in [1.54, 1.807) is 0 Å². The topological polar surface area (TPSA) is 135 Å². The van der Waals surface area contributed by atoms with Gasteiger partial charge in [-0.05, 0) is 42.3 Å². The zero-order valence-electron chi connectivity index (χ0n) is 19.6. The van der Waals surface area contributed by atoms with Crippen LogP contribution < -0.4 is 5.32 Å². The molecule has 1 heterocycles. The van der Waals surface area contributed by atoms with E-state index in [4.69, 9.17) is 9.84 Å². The lowest BCUT2D eigenvalue weighted by Gasteiger charge is -2.17. The van der Waals surface area contributed by atoms with Gasteiger partial charge in [0.2, 0.25) is 0 Å². The number of benzene rings is 2. The number of aliphatic hydroxyl groups is 2. The molecule has 0 aliphatic heterocycles. The number of nitrogens with zero attached hydrogens (tertiary/aromatic N) is 1. The number of hydrogen-bond acceptors (Lipinski definition) is 7. The van der Waals surface area contributed by atoms with Gasteiger partial charge in [0.15, 0.2) is 27.2 Å². The zero-order valence-corrected chi connectivity index (χ0v) is 20.4. The molecule has 3 N–H and O–H groups in total. The van der Waals surface area contributed by atoms with Crippen molar-refractivity contribution in [2.24, 2.45) is 7.05 Å². The molecule has 1 aromatic heterocycles. The van der Waals surface area contributed by atoms with Gasteiger partial charge in [-0.2, -0.15) is 0 Å². The Labute approximate surface area is 206 Å².